The molecule has 0 spiro atoms. The summed E-state index contributed by atoms with van der Waals surface area (Å²) in [6, 6.07) is 8.32. The van der Waals surface area contributed by atoms with Crippen LogP contribution >= 0.6 is 12.4 Å². The molecule has 3 fully saturated rings. The van der Waals surface area contributed by atoms with E-state index in [1.54, 1.807) is 0 Å². The van der Waals surface area contributed by atoms with E-state index in [1.807, 2.05) is 24.3 Å². The number of carbonyl (C=O) groups is 1. The summed E-state index contributed by atoms with van der Waals surface area (Å²) in [6.07, 6.45) is 2.80. The number of H-pyrrole nitrogens is 1. The lowest BCUT2D eigenvalue weighted by molar-refractivity contribution is -0.134. The molecule has 0 aliphatic carbocycles. The number of benzene rings is 1. The molecule has 3 aliphatic rings. The van der Waals surface area contributed by atoms with E-state index in [1.165, 1.54) is 6.42 Å². The number of hydrogen-bond donors (Lipinski definition) is 2. The average molecular weight is 321 g/mol. The van der Waals surface area contributed by atoms with Gasteiger partial charge in [0.1, 0.15) is 0 Å². The monoisotopic (exact) mass is 320 g/mol. The summed E-state index contributed by atoms with van der Waals surface area (Å²) in [4.78, 5) is 14.8. The van der Waals surface area contributed by atoms with Gasteiger partial charge < -0.3 is 10.2 Å². The Morgan fingerprint density at radius 3 is 3.05 bits per heavy atom. The first-order valence-corrected chi connectivity index (χ1v) is 7.73. The number of carbonyl (C=O) groups excluding carboxylic acids is 1. The van der Waals surface area contributed by atoms with Crippen molar-refractivity contribution >= 4 is 29.2 Å². The van der Waals surface area contributed by atoms with Gasteiger partial charge in [-0.25, -0.2) is 0 Å². The number of halogens is 1. The minimum Gasteiger partial charge on any atom is -0.338 e. The van der Waals surface area contributed by atoms with Crippen molar-refractivity contribution in [3.05, 3.63) is 30.0 Å². The number of aromatic amines is 1. The zero-order chi connectivity index (χ0) is 14.2. The topological polar surface area (TPSA) is 61.0 Å². The van der Waals surface area contributed by atoms with Crippen LogP contribution in [0.4, 0.5) is 0 Å². The number of rotatable bonds is 2. The van der Waals surface area contributed by atoms with Crippen molar-refractivity contribution in [2.24, 2.45) is 5.92 Å². The van der Waals surface area contributed by atoms with E-state index < -0.39 is 0 Å². The number of nitrogens with one attached hydrogen (secondary N) is 2. The number of fused-ring (bicyclic) bond motifs is 5. The molecule has 1 aromatic heterocycles. The smallest absolute Gasteiger partial charge is 0.228 e. The number of para-hydroxylation sites is 1. The van der Waals surface area contributed by atoms with Gasteiger partial charge >= 0.3 is 0 Å². The second kappa shape index (κ2) is 6.26. The van der Waals surface area contributed by atoms with Crippen molar-refractivity contribution in [3.8, 4) is 0 Å². The molecule has 5 rings (SSSR count). The highest BCUT2D eigenvalue weighted by atomic mass is 35.5. The molecule has 2 aromatic rings. The van der Waals surface area contributed by atoms with Gasteiger partial charge in [-0.15, -0.1) is 12.4 Å². The lowest BCUT2D eigenvalue weighted by atomic mass is 9.94. The van der Waals surface area contributed by atoms with Gasteiger partial charge in [-0.1, -0.05) is 18.2 Å². The molecule has 0 unspecified atom stereocenters. The van der Waals surface area contributed by atoms with Gasteiger partial charge in [-0.2, -0.15) is 5.10 Å². The Morgan fingerprint density at radius 2 is 2.14 bits per heavy atom. The second-order valence-corrected chi connectivity index (χ2v) is 6.20. The summed E-state index contributed by atoms with van der Waals surface area (Å²) in [7, 11) is 0. The van der Waals surface area contributed by atoms with Gasteiger partial charge in [0.25, 0.3) is 0 Å². The summed E-state index contributed by atoms with van der Waals surface area (Å²) >= 11 is 0. The normalized spacial score (nSPS) is 24.1. The van der Waals surface area contributed by atoms with Crippen molar-refractivity contribution in [3.63, 3.8) is 0 Å². The van der Waals surface area contributed by atoms with Crippen LogP contribution in [0, 0.1) is 5.92 Å². The van der Waals surface area contributed by atoms with Crippen LogP contribution in [0.5, 0.6) is 0 Å². The SMILES string of the molecule is Cl.O=C(Cc1[nH]nc2ccccc12)N1C[C@@H]2CC[C@H]1CNC2. The maximum atomic E-state index is 12.7. The van der Waals surface area contributed by atoms with E-state index in [-0.39, 0.29) is 18.3 Å². The van der Waals surface area contributed by atoms with Crippen molar-refractivity contribution < 1.29 is 4.79 Å². The number of nitrogens with zero attached hydrogens (tertiary/aromatic N) is 2. The molecule has 3 aliphatic heterocycles. The molecular formula is C16H21ClN4O. The number of piperidine rings is 1. The maximum Gasteiger partial charge on any atom is 0.228 e. The second-order valence-electron chi connectivity index (χ2n) is 6.20. The van der Waals surface area contributed by atoms with Crippen LogP contribution in [-0.2, 0) is 11.2 Å². The summed E-state index contributed by atoms with van der Waals surface area (Å²) in [6.45, 7) is 2.89. The Hall–Kier alpha value is -1.59. The quantitative estimate of drug-likeness (QED) is 0.886. The molecule has 3 saturated heterocycles. The largest absolute Gasteiger partial charge is 0.338 e. The third-order valence-corrected chi connectivity index (χ3v) is 4.81. The van der Waals surface area contributed by atoms with Crippen molar-refractivity contribution in [1.29, 1.82) is 0 Å². The molecule has 5 nitrogen and oxygen atoms in total. The molecule has 1 aromatic carbocycles. The Labute approximate surface area is 135 Å². The number of hydrogen-bond acceptors (Lipinski definition) is 3. The van der Waals surface area contributed by atoms with Crippen molar-refractivity contribution in [1.82, 2.24) is 20.4 Å². The van der Waals surface area contributed by atoms with E-state index in [0.717, 1.165) is 42.7 Å². The highest BCUT2D eigenvalue weighted by molar-refractivity contribution is 5.87. The lowest BCUT2D eigenvalue weighted by Gasteiger charge is -2.36. The number of aromatic nitrogens is 2. The molecule has 22 heavy (non-hydrogen) atoms. The maximum absolute atomic E-state index is 12.7. The summed E-state index contributed by atoms with van der Waals surface area (Å²) in [5.74, 6) is 0.842. The molecule has 2 N–H and O–H groups in total. The Balaban J connectivity index is 0.00000144. The Kier molecular flexibility index (Phi) is 4.36. The molecule has 2 atom stereocenters. The van der Waals surface area contributed by atoms with Gasteiger partial charge in [0, 0.05) is 24.5 Å². The van der Waals surface area contributed by atoms with Gasteiger partial charge in [-0.3, -0.25) is 9.89 Å². The molecule has 1 amide bonds. The molecule has 6 heteroatoms. The first-order valence-electron chi connectivity index (χ1n) is 7.73. The highest BCUT2D eigenvalue weighted by Crippen LogP contribution is 2.25. The molecule has 2 bridgehead atoms. The summed E-state index contributed by atoms with van der Waals surface area (Å²) < 4.78 is 0. The molecule has 0 saturated carbocycles. The van der Waals surface area contributed by atoms with Crippen LogP contribution in [0.2, 0.25) is 0 Å². The average Bonchev–Trinajstić information content (AvgIpc) is 2.69. The van der Waals surface area contributed by atoms with E-state index >= 15 is 0 Å². The third kappa shape index (κ3) is 2.71. The molecular weight excluding hydrogens is 300 g/mol. The van der Waals surface area contributed by atoms with Gasteiger partial charge in [0.2, 0.25) is 5.91 Å². The van der Waals surface area contributed by atoms with Crippen molar-refractivity contribution in [2.45, 2.75) is 25.3 Å². The van der Waals surface area contributed by atoms with E-state index in [2.05, 4.69) is 20.4 Å². The highest BCUT2D eigenvalue weighted by Gasteiger charge is 2.34. The van der Waals surface area contributed by atoms with Crippen LogP contribution in [0.1, 0.15) is 18.5 Å². The van der Waals surface area contributed by atoms with Gasteiger partial charge in [0.05, 0.1) is 17.6 Å². The number of amides is 1. The minimum atomic E-state index is 0. The first kappa shape index (κ1) is 15.3. The lowest BCUT2D eigenvalue weighted by Crippen LogP contribution is -2.47. The molecule has 4 heterocycles. The van der Waals surface area contributed by atoms with Crippen LogP contribution in [0.15, 0.2) is 24.3 Å². The van der Waals surface area contributed by atoms with E-state index in [4.69, 9.17) is 0 Å². The van der Waals surface area contributed by atoms with E-state index in [0.29, 0.717) is 18.4 Å². The summed E-state index contributed by atoms with van der Waals surface area (Å²) in [5, 5.41) is 11.8. The Bertz CT molecular complexity index is 667. The van der Waals surface area contributed by atoms with Crippen LogP contribution in [0.3, 0.4) is 0 Å². The van der Waals surface area contributed by atoms with Gasteiger partial charge in [-0.05, 0) is 31.4 Å². The zero-order valence-corrected chi connectivity index (χ0v) is 13.2. The van der Waals surface area contributed by atoms with Crippen LogP contribution in [0.25, 0.3) is 10.9 Å². The molecule has 0 radical (unpaired) electrons. The fraction of sp³-hybridized carbons (Fsp3) is 0.500. The van der Waals surface area contributed by atoms with Crippen molar-refractivity contribution in [2.75, 3.05) is 19.6 Å². The third-order valence-electron chi connectivity index (χ3n) is 4.81. The minimum absolute atomic E-state index is 0. The van der Waals surface area contributed by atoms with Gasteiger partial charge in [0.15, 0.2) is 0 Å². The van der Waals surface area contributed by atoms with Crippen LogP contribution in [-0.4, -0.2) is 46.7 Å². The Morgan fingerprint density at radius 1 is 1.27 bits per heavy atom. The van der Waals surface area contributed by atoms with Crippen LogP contribution < -0.4 is 5.32 Å². The predicted molar refractivity (Wildman–Crippen MR) is 88.1 cm³/mol. The molecule has 118 valence electrons. The summed E-state index contributed by atoms with van der Waals surface area (Å²) in [5.41, 5.74) is 1.86. The fourth-order valence-electron chi connectivity index (χ4n) is 3.64. The predicted octanol–water partition coefficient (Wildman–Crippen LogP) is 1.74. The fourth-order valence-corrected chi connectivity index (χ4v) is 3.64. The van der Waals surface area contributed by atoms with E-state index in [9.17, 15) is 4.79 Å². The first-order chi connectivity index (χ1) is 10.3. The standard InChI is InChI=1S/C16H20N4O.ClH/c21-16(20-10-11-5-6-12(20)9-17-8-11)7-15-13-3-1-2-4-14(13)18-19-15;/h1-4,11-12,17H,5-10H2,(H,18,19);1H/t11-,12+;/m1./s1. The zero-order valence-electron chi connectivity index (χ0n) is 12.4.